The number of rotatable bonds is 2. The molecule has 0 radical (unpaired) electrons. The lowest BCUT2D eigenvalue weighted by molar-refractivity contribution is -0.114. The summed E-state index contributed by atoms with van der Waals surface area (Å²) in [6, 6.07) is 6.89. The summed E-state index contributed by atoms with van der Waals surface area (Å²) in [5, 5.41) is 2.62. The molecule has 0 unspecified atom stereocenters. The molecule has 0 aliphatic rings. The molecule has 1 aromatic rings. The Morgan fingerprint density at radius 3 is 2.46 bits per heavy atom. The highest BCUT2D eigenvalue weighted by molar-refractivity contribution is 5.88. The third-order valence-corrected chi connectivity index (χ3v) is 1.49. The molecule has 13 heavy (non-hydrogen) atoms. The Morgan fingerprint density at radius 1 is 1.38 bits per heavy atom. The summed E-state index contributed by atoms with van der Waals surface area (Å²) in [7, 11) is 0. The lowest BCUT2D eigenvalue weighted by atomic mass is 10.2. The Bertz CT molecular complexity index is 316. The van der Waals surface area contributed by atoms with Gasteiger partial charge in [0.25, 0.3) is 0 Å². The molecule has 1 amide bonds. The standard InChI is InChI=1S/C10H10FNO/c1-8(13)12-10-4-2-9(3-5-10)6-7-11/h2-7H,1H3,(H,12,13). The second kappa shape index (κ2) is 4.40. The number of benzene rings is 1. The zero-order chi connectivity index (χ0) is 9.68. The van der Waals surface area contributed by atoms with Crippen LogP contribution in [0.3, 0.4) is 0 Å². The van der Waals surface area contributed by atoms with Gasteiger partial charge in [-0.1, -0.05) is 12.1 Å². The summed E-state index contributed by atoms with van der Waals surface area (Å²) in [6.07, 6.45) is 1.82. The van der Waals surface area contributed by atoms with Gasteiger partial charge in [-0.15, -0.1) is 0 Å². The predicted molar refractivity (Wildman–Crippen MR) is 50.9 cm³/mol. The second-order valence-corrected chi connectivity index (χ2v) is 2.60. The number of carbonyl (C=O) groups excluding carboxylic acids is 1. The van der Waals surface area contributed by atoms with E-state index in [1.54, 1.807) is 24.3 Å². The molecular formula is C10H10FNO. The van der Waals surface area contributed by atoms with Crippen molar-refractivity contribution in [3.63, 3.8) is 0 Å². The van der Waals surface area contributed by atoms with Gasteiger partial charge < -0.3 is 5.32 Å². The van der Waals surface area contributed by atoms with E-state index in [0.29, 0.717) is 12.0 Å². The Hall–Kier alpha value is -1.64. The first-order chi connectivity index (χ1) is 6.22. The second-order valence-electron chi connectivity index (χ2n) is 2.60. The van der Waals surface area contributed by atoms with Gasteiger partial charge in [-0.05, 0) is 23.8 Å². The largest absolute Gasteiger partial charge is 0.326 e. The molecule has 0 aliphatic carbocycles. The van der Waals surface area contributed by atoms with Crippen molar-refractivity contribution >= 4 is 17.7 Å². The Labute approximate surface area is 76.1 Å². The highest BCUT2D eigenvalue weighted by Crippen LogP contribution is 2.10. The molecule has 1 N–H and O–H groups in total. The van der Waals surface area contributed by atoms with Crippen LogP contribution >= 0.6 is 0 Å². The number of nitrogens with one attached hydrogen (secondary N) is 1. The molecule has 0 fully saturated rings. The van der Waals surface area contributed by atoms with Crippen LogP contribution in [0.25, 0.3) is 6.08 Å². The van der Waals surface area contributed by atoms with E-state index in [1.807, 2.05) is 0 Å². The Morgan fingerprint density at radius 2 is 2.00 bits per heavy atom. The lowest BCUT2D eigenvalue weighted by Gasteiger charge is -2.00. The van der Waals surface area contributed by atoms with Crippen molar-refractivity contribution in [3.8, 4) is 0 Å². The molecule has 0 saturated heterocycles. The van der Waals surface area contributed by atoms with Crippen LogP contribution in [0.2, 0.25) is 0 Å². The van der Waals surface area contributed by atoms with Crippen molar-refractivity contribution < 1.29 is 9.18 Å². The van der Waals surface area contributed by atoms with E-state index < -0.39 is 0 Å². The van der Waals surface area contributed by atoms with E-state index >= 15 is 0 Å². The maximum atomic E-state index is 11.7. The SMILES string of the molecule is CC(=O)Nc1ccc(C=CF)cc1. The molecule has 1 rings (SSSR count). The summed E-state index contributed by atoms with van der Waals surface area (Å²) < 4.78 is 11.7. The number of anilines is 1. The number of hydrogen-bond donors (Lipinski definition) is 1. The van der Waals surface area contributed by atoms with Crippen LogP contribution in [-0.2, 0) is 4.79 Å². The van der Waals surface area contributed by atoms with Gasteiger partial charge in [0.05, 0.1) is 6.33 Å². The highest BCUT2D eigenvalue weighted by atomic mass is 19.1. The minimum absolute atomic E-state index is 0.117. The molecule has 2 nitrogen and oxygen atoms in total. The normalized spacial score (nSPS) is 10.3. The molecule has 0 spiro atoms. The van der Waals surface area contributed by atoms with Gasteiger partial charge in [0.2, 0.25) is 5.91 Å². The van der Waals surface area contributed by atoms with Crippen LogP contribution in [0.1, 0.15) is 12.5 Å². The summed E-state index contributed by atoms with van der Waals surface area (Å²) in [5.74, 6) is -0.117. The molecule has 68 valence electrons. The molecule has 0 aliphatic heterocycles. The van der Waals surface area contributed by atoms with Crippen LogP contribution < -0.4 is 5.32 Å². The van der Waals surface area contributed by atoms with Crippen molar-refractivity contribution in [2.24, 2.45) is 0 Å². The van der Waals surface area contributed by atoms with Crippen LogP contribution in [0.15, 0.2) is 30.6 Å². The number of halogens is 1. The number of hydrogen-bond acceptors (Lipinski definition) is 1. The van der Waals surface area contributed by atoms with E-state index in [0.717, 1.165) is 5.56 Å². The summed E-state index contributed by atoms with van der Waals surface area (Å²) in [4.78, 5) is 10.6. The zero-order valence-electron chi connectivity index (χ0n) is 7.25. The molecule has 0 saturated carbocycles. The first-order valence-electron chi connectivity index (χ1n) is 3.87. The van der Waals surface area contributed by atoms with E-state index in [2.05, 4.69) is 5.32 Å². The van der Waals surface area contributed by atoms with Crippen molar-refractivity contribution in [3.05, 3.63) is 36.2 Å². The molecule has 1 aromatic carbocycles. The number of carbonyl (C=O) groups is 1. The third kappa shape index (κ3) is 3.07. The van der Waals surface area contributed by atoms with Gasteiger partial charge in [-0.2, -0.15) is 0 Å². The predicted octanol–water partition coefficient (Wildman–Crippen LogP) is 2.59. The fourth-order valence-corrected chi connectivity index (χ4v) is 0.954. The molecule has 0 aromatic heterocycles. The Kier molecular flexibility index (Phi) is 3.20. The van der Waals surface area contributed by atoms with Gasteiger partial charge >= 0.3 is 0 Å². The van der Waals surface area contributed by atoms with Gasteiger partial charge in [-0.3, -0.25) is 4.79 Å². The monoisotopic (exact) mass is 179 g/mol. The quantitative estimate of drug-likeness (QED) is 0.742. The lowest BCUT2D eigenvalue weighted by Crippen LogP contribution is -2.05. The van der Waals surface area contributed by atoms with Crippen molar-refractivity contribution in [1.82, 2.24) is 0 Å². The first kappa shape index (κ1) is 9.45. The fraction of sp³-hybridized carbons (Fsp3) is 0.100. The Balaban J connectivity index is 2.75. The molecular weight excluding hydrogens is 169 g/mol. The van der Waals surface area contributed by atoms with Crippen molar-refractivity contribution in [2.45, 2.75) is 6.92 Å². The fourth-order valence-electron chi connectivity index (χ4n) is 0.954. The van der Waals surface area contributed by atoms with Crippen LogP contribution in [0.5, 0.6) is 0 Å². The summed E-state index contributed by atoms with van der Waals surface area (Å²) >= 11 is 0. The first-order valence-corrected chi connectivity index (χ1v) is 3.87. The molecule has 3 heteroatoms. The molecule has 0 heterocycles. The van der Waals surface area contributed by atoms with E-state index in [-0.39, 0.29) is 5.91 Å². The minimum Gasteiger partial charge on any atom is -0.326 e. The molecule has 0 atom stereocenters. The average Bonchev–Trinajstić information content (AvgIpc) is 2.08. The van der Waals surface area contributed by atoms with Crippen molar-refractivity contribution in [1.29, 1.82) is 0 Å². The maximum absolute atomic E-state index is 11.7. The average molecular weight is 179 g/mol. The van der Waals surface area contributed by atoms with Crippen LogP contribution in [0.4, 0.5) is 10.1 Å². The minimum atomic E-state index is -0.117. The smallest absolute Gasteiger partial charge is 0.221 e. The third-order valence-electron chi connectivity index (χ3n) is 1.49. The van der Waals surface area contributed by atoms with Gasteiger partial charge in [0.15, 0.2) is 0 Å². The summed E-state index contributed by atoms with van der Waals surface area (Å²) in [5.41, 5.74) is 1.47. The van der Waals surface area contributed by atoms with Crippen molar-refractivity contribution in [2.75, 3.05) is 5.32 Å². The van der Waals surface area contributed by atoms with Gasteiger partial charge in [0.1, 0.15) is 0 Å². The summed E-state index contributed by atoms with van der Waals surface area (Å²) in [6.45, 7) is 1.44. The van der Waals surface area contributed by atoms with Gasteiger partial charge in [-0.25, -0.2) is 4.39 Å². The topological polar surface area (TPSA) is 29.1 Å². The van der Waals surface area contributed by atoms with Crippen LogP contribution in [-0.4, -0.2) is 5.91 Å². The van der Waals surface area contributed by atoms with E-state index in [9.17, 15) is 9.18 Å². The number of amides is 1. The van der Waals surface area contributed by atoms with Gasteiger partial charge in [0, 0.05) is 12.6 Å². The van der Waals surface area contributed by atoms with Crippen LogP contribution in [0, 0.1) is 0 Å². The van der Waals surface area contributed by atoms with E-state index in [1.165, 1.54) is 13.0 Å². The zero-order valence-corrected chi connectivity index (χ0v) is 7.25. The maximum Gasteiger partial charge on any atom is 0.221 e. The van der Waals surface area contributed by atoms with E-state index in [4.69, 9.17) is 0 Å². The molecule has 0 bridgehead atoms. The highest BCUT2D eigenvalue weighted by Gasteiger charge is 1.93.